The van der Waals surface area contributed by atoms with E-state index in [0.29, 0.717) is 30.3 Å². The molecular formula is C20H22N2O3. The number of carbonyl (C=O) groups excluding carboxylic acids is 1. The zero-order valence-corrected chi connectivity index (χ0v) is 14.1. The van der Waals surface area contributed by atoms with Crippen molar-refractivity contribution in [3.63, 3.8) is 0 Å². The fraction of sp³-hybridized carbons (Fsp3) is 0.400. The molecule has 0 spiro atoms. The number of nitrogens with zero attached hydrogens (tertiary/aromatic N) is 2. The average Bonchev–Trinajstić information content (AvgIpc) is 2.68. The summed E-state index contributed by atoms with van der Waals surface area (Å²) in [7, 11) is 0. The highest BCUT2D eigenvalue weighted by Crippen LogP contribution is 2.31. The minimum absolute atomic E-state index is 0.0146. The topological polar surface area (TPSA) is 51.7 Å². The Morgan fingerprint density at radius 2 is 1.96 bits per heavy atom. The summed E-state index contributed by atoms with van der Waals surface area (Å²) in [5.41, 5.74) is 0.512. The maximum atomic E-state index is 13.2. The summed E-state index contributed by atoms with van der Waals surface area (Å²) in [6, 6.07) is 13.2. The van der Waals surface area contributed by atoms with E-state index >= 15 is 0 Å². The summed E-state index contributed by atoms with van der Waals surface area (Å²) in [5, 5.41) is 0. The standard InChI is InChI=1S/C20H22N2O3/c23-20(22-13-14-24-18-11-5-4-10-17(18)22)16-9-6-12-21-19(16)25-15-7-2-1-3-8-15/h1-3,6-9,12,17-18H,4-5,10-11,13-14H2/t17-,18+/m0/s1. The highest BCUT2D eigenvalue weighted by molar-refractivity contribution is 5.96. The Hall–Kier alpha value is -2.40. The van der Waals surface area contributed by atoms with E-state index in [-0.39, 0.29) is 18.1 Å². The Bertz CT molecular complexity index is 733. The normalized spacial score (nSPS) is 23.0. The molecule has 1 saturated carbocycles. The predicted octanol–water partition coefficient (Wildman–Crippen LogP) is 3.66. The van der Waals surface area contributed by atoms with Crippen LogP contribution in [0.1, 0.15) is 36.0 Å². The molecule has 1 saturated heterocycles. The van der Waals surface area contributed by atoms with Crippen LogP contribution in [0.4, 0.5) is 0 Å². The van der Waals surface area contributed by atoms with Crippen molar-refractivity contribution in [1.82, 2.24) is 9.88 Å². The van der Waals surface area contributed by atoms with Gasteiger partial charge in [-0.2, -0.15) is 0 Å². The number of rotatable bonds is 3. The number of morpholine rings is 1. The number of pyridine rings is 1. The van der Waals surface area contributed by atoms with Gasteiger partial charge in [0.1, 0.15) is 11.3 Å². The van der Waals surface area contributed by atoms with Gasteiger partial charge in [-0.05, 0) is 37.1 Å². The van der Waals surface area contributed by atoms with Crippen LogP contribution in [0.25, 0.3) is 0 Å². The van der Waals surface area contributed by atoms with Crippen molar-refractivity contribution in [3.8, 4) is 11.6 Å². The molecule has 1 aromatic carbocycles. The summed E-state index contributed by atoms with van der Waals surface area (Å²) in [6.45, 7) is 1.22. The molecule has 0 radical (unpaired) electrons. The molecule has 2 heterocycles. The maximum Gasteiger partial charge on any atom is 0.259 e. The number of hydrogen-bond acceptors (Lipinski definition) is 4. The van der Waals surface area contributed by atoms with Crippen molar-refractivity contribution in [2.24, 2.45) is 0 Å². The SMILES string of the molecule is O=C(c1cccnc1Oc1ccccc1)N1CCO[C@@H]2CCCC[C@@H]21. The monoisotopic (exact) mass is 338 g/mol. The van der Waals surface area contributed by atoms with E-state index in [1.165, 1.54) is 6.42 Å². The van der Waals surface area contributed by atoms with Crippen LogP contribution in [0.2, 0.25) is 0 Å². The number of benzene rings is 1. The number of aromatic nitrogens is 1. The number of ether oxygens (including phenoxy) is 2. The lowest BCUT2D eigenvalue weighted by atomic mass is 9.90. The van der Waals surface area contributed by atoms with E-state index < -0.39 is 0 Å². The van der Waals surface area contributed by atoms with Gasteiger partial charge in [0.25, 0.3) is 5.91 Å². The molecule has 5 heteroatoms. The zero-order valence-electron chi connectivity index (χ0n) is 14.1. The fourth-order valence-corrected chi connectivity index (χ4v) is 3.74. The van der Waals surface area contributed by atoms with Gasteiger partial charge in [0.15, 0.2) is 0 Å². The highest BCUT2D eigenvalue weighted by Gasteiger charge is 2.37. The van der Waals surface area contributed by atoms with E-state index in [9.17, 15) is 4.79 Å². The second-order valence-corrected chi connectivity index (χ2v) is 6.53. The molecule has 2 aromatic rings. The molecule has 1 aliphatic carbocycles. The number of amides is 1. The van der Waals surface area contributed by atoms with E-state index in [4.69, 9.17) is 9.47 Å². The Kier molecular flexibility index (Phi) is 4.65. The maximum absolute atomic E-state index is 13.2. The third kappa shape index (κ3) is 3.37. The molecule has 5 nitrogen and oxygen atoms in total. The minimum Gasteiger partial charge on any atom is -0.438 e. The molecule has 4 rings (SSSR count). The van der Waals surface area contributed by atoms with Crippen LogP contribution >= 0.6 is 0 Å². The first-order chi connectivity index (χ1) is 12.3. The van der Waals surface area contributed by atoms with Crippen molar-refractivity contribution in [2.75, 3.05) is 13.2 Å². The van der Waals surface area contributed by atoms with Crippen molar-refractivity contribution >= 4 is 5.91 Å². The van der Waals surface area contributed by atoms with Crippen LogP contribution < -0.4 is 4.74 Å². The Balaban J connectivity index is 1.59. The van der Waals surface area contributed by atoms with Gasteiger partial charge in [-0.15, -0.1) is 0 Å². The van der Waals surface area contributed by atoms with Crippen LogP contribution in [0.15, 0.2) is 48.7 Å². The van der Waals surface area contributed by atoms with E-state index in [1.54, 1.807) is 18.3 Å². The van der Waals surface area contributed by atoms with Crippen molar-refractivity contribution in [1.29, 1.82) is 0 Å². The van der Waals surface area contributed by atoms with Gasteiger partial charge in [-0.3, -0.25) is 4.79 Å². The second kappa shape index (κ2) is 7.23. The van der Waals surface area contributed by atoms with Gasteiger partial charge < -0.3 is 14.4 Å². The van der Waals surface area contributed by atoms with Gasteiger partial charge in [0.05, 0.1) is 18.8 Å². The van der Waals surface area contributed by atoms with Crippen LogP contribution in [-0.4, -0.2) is 41.1 Å². The van der Waals surface area contributed by atoms with E-state index in [1.807, 2.05) is 35.2 Å². The van der Waals surface area contributed by atoms with E-state index in [0.717, 1.165) is 19.3 Å². The summed E-state index contributed by atoms with van der Waals surface area (Å²) in [5.74, 6) is 1.02. The van der Waals surface area contributed by atoms with Crippen molar-refractivity contribution in [2.45, 2.75) is 37.8 Å². The summed E-state index contributed by atoms with van der Waals surface area (Å²) in [6.07, 6.45) is 6.19. The average molecular weight is 338 g/mol. The van der Waals surface area contributed by atoms with Crippen LogP contribution in [0.3, 0.4) is 0 Å². The molecule has 1 amide bonds. The van der Waals surface area contributed by atoms with Crippen LogP contribution in [-0.2, 0) is 4.74 Å². The van der Waals surface area contributed by atoms with Crippen LogP contribution in [0.5, 0.6) is 11.6 Å². The van der Waals surface area contributed by atoms with Crippen LogP contribution in [0, 0.1) is 0 Å². The summed E-state index contributed by atoms with van der Waals surface area (Å²) < 4.78 is 11.8. The molecule has 2 atom stereocenters. The number of hydrogen-bond donors (Lipinski definition) is 0. The minimum atomic E-state index is -0.0146. The first kappa shape index (κ1) is 16.1. The van der Waals surface area contributed by atoms with Gasteiger partial charge in [0, 0.05) is 12.7 Å². The molecule has 0 unspecified atom stereocenters. The first-order valence-corrected chi connectivity index (χ1v) is 8.93. The number of para-hydroxylation sites is 1. The molecule has 2 aliphatic rings. The molecule has 130 valence electrons. The lowest BCUT2D eigenvalue weighted by Crippen LogP contribution is -2.54. The largest absolute Gasteiger partial charge is 0.438 e. The Labute approximate surface area is 147 Å². The fourth-order valence-electron chi connectivity index (χ4n) is 3.74. The molecule has 2 fully saturated rings. The lowest BCUT2D eigenvalue weighted by Gasteiger charge is -2.43. The molecule has 0 bridgehead atoms. The lowest BCUT2D eigenvalue weighted by molar-refractivity contribution is -0.0753. The van der Waals surface area contributed by atoms with Crippen molar-refractivity contribution < 1.29 is 14.3 Å². The van der Waals surface area contributed by atoms with Gasteiger partial charge >= 0.3 is 0 Å². The molecule has 1 aliphatic heterocycles. The predicted molar refractivity (Wildman–Crippen MR) is 93.8 cm³/mol. The van der Waals surface area contributed by atoms with Gasteiger partial charge in [-0.25, -0.2) is 4.98 Å². The highest BCUT2D eigenvalue weighted by atomic mass is 16.5. The molecule has 1 aromatic heterocycles. The van der Waals surface area contributed by atoms with E-state index in [2.05, 4.69) is 4.98 Å². The second-order valence-electron chi connectivity index (χ2n) is 6.53. The van der Waals surface area contributed by atoms with Gasteiger partial charge in [-0.1, -0.05) is 31.0 Å². The third-order valence-electron chi connectivity index (χ3n) is 4.95. The third-order valence-corrected chi connectivity index (χ3v) is 4.95. The molecule has 25 heavy (non-hydrogen) atoms. The summed E-state index contributed by atoms with van der Waals surface area (Å²) in [4.78, 5) is 19.5. The Morgan fingerprint density at radius 1 is 1.12 bits per heavy atom. The van der Waals surface area contributed by atoms with Gasteiger partial charge in [0.2, 0.25) is 5.88 Å². The number of fused-ring (bicyclic) bond motifs is 1. The first-order valence-electron chi connectivity index (χ1n) is 8.93. The zero-order chi connectivity index (χ0) is 17.1. The molecule has 0 N–H and O–H groups in total. The Morgan fingerprint density at radius 3 is 2.84 bits per heavy atom. The quantitative estimate of drug-likeness (QED) is 0.857. The molecular weight excluding hydrogens is 316 g/mol. The smallest absolute Gasteiger partial charge is 0.259 e. The summed E-state index contributed by atoms with van der Waals surface area (Å²) >= 11 is 0. The number of carbonyl (C=O) groups is 1. The van der Waals surface area contributed by atoms with Crippen molar-refractivity contribution in [3.05, 3.63) is 54.2 Å².